The number of carbonyl (C=O) groups is 3. The molecule has 1 aliphatic rings. The van der Waals surface area contributed by atoms with Gasteiger partial charge in [-0.15, -0.1) is 0 Å². The molecule has 0 unspecified atom stereocenters. The Morgan fingerprint density at radius 1 is 1.21 bits per heavy atom. The van der Waals surface area contributed by atoms with Crippen molar-refractivity contribution in [2.24, 2.45) is 0 Å². The van der Waals surface area contributed by atoms with Gasteiger partial charge in [0, 0.05) is 49.0 Å². The minimum atomic E-state index is -0.978. The maximum atomic E-state index is 10.8. The van der Waals surface area contributed by atoms with Crippen molar-refractivity contribution in [3.05, 3.63) is 46.5 Å². The minimum Gasteiger partial charge on any atom is -0.414 e. The maximum Gasteiger partial charge on any atom is 0.409 e. The van der Waals surface area contributed by atoms with E-state index >= 15 is 0 Å². The lowest BCUT2D eigenvalue weighted by Gasteiger charge is -2.11. The number of benzene rings is 1. The molecule has 10 heteroatoms. The van der Waals surface area contributed by atoms with Gasteiger partial charge in [-0.3, -0.25) is 24.6 Å². The average molecular weight is 357 g/mol. The molecular formula is C14H13ClN2O7. The van der Waals surface area contributed by atoms with Crippen molar-refractivity contribution in [3.63, 3.8) is 0 Å². The van der Waals surface area contributed by atoms with E-state index in [1.54, 1.807) is 0 Å². The van der Waals surface area contributed by atoms with Crippen molar-refractivity contribution in [1.29, 1.82) is 0 Å². The van der Waals surface area contributed by atoms with Gasteiger partial charge >= 0.3 is 5.43 Å². The molecule has 128 valence electrons. The third-order valence-electron chi connectivity index (χ3n) is 2.69. The summed E-state index contributed by atoms with van der Waals surface area (Å²) in [6, 6.07) is 5.02. The lowest BCUT2D eigenvalue weighted by Crippen LogP contribution is -2.31. The van der Waals surface area contributed by atoms with Crippen LogP contribution in [0, 0.1) is 10.1 Å². The molecule has 0 bridgehead atoms. The number of rotatable bonds is 5. The van der Waals surface area contributed by atoms with Crippen LogP contribution in [0.2, 0.25) is 0 Å². The van der Waals surface area contributed by atoms with Gasteiger partial charge in [0.15, 0.2) is 0 Å². The normalized spacial score (nSPS) is 12.7. The standard InChI is InChI=1S/C7H4ClNO4.C7H9NO3/c8-7(10)13-6-3-1-5(2-4-6)9(11)12;9-5-1-4-8-6(10)2-3-7(8)11/h1-4H;2-3,9H,1,4-5H2. The Labute approximate surface area is 141 Å². The first-order chi connectivity index (χ1) is 11.3. The van der Waals surface area contributed by atoms with E-state index in [4.69, 9.17) is 16.7 Å². The average Bonchev–Trinajstić information content (AvgIpc) is 2.84. The number of non-ortho nitro benzene ring substituents is 1. The first-order valence-electron chi connectivity index (χ1n) is 6.61. The topological polar surface area (TPSA) is 127 Å². The van der Waals surface area contributed by atoms with Crippen LogP contribution in [0.4, 0.5) is 10.5 Å². The fourth-order valence-corrected chi connectivity index (χ4v) is 1.70. The number of ether oxygens (including phenoxy) is 1. The third kappa shape index (κ3) is 6.15. The van der Waals surface area contributed by atoms with Crippen LogP contribution in [0.5, 0.6) is 5.75 Å². The van der Waals surface area contributed by atoms with E-state index < -0.39 is 10.4 Å². The molecule has 1 aliphatic heterocycles. The summed E-state index contributed by atoms with van der Waals surface area (Å²) in [5.41, 5.74) is -1.05. The summed E-state index contributed by atoms with van der Waals surface area (Å²) in [7, 11) is 0. The van der Waals surface area contributed by atoms with Crippen LogP contribution >= 0.6 is 11.6 Å². The molecule has 1 N–H and O–H groups in total. The fraction of sp³-hybridized carbons (Fsp3) is 0.214. The van der Waals surface area contributed by atoms with Gasteiger partial charge in [0.05, 0.1) is 4.92 Å². The van der Waals surface area contributed by atoms with Gasteiger partial charge in [0.1, 0.15) is 5.75 Å². The highest BCUT2D eigenvalue weighted by Gasteiger charge is 2.21. The third-order valence-corrected chi connectivity index (χ3v) is 2.76. The van der Waals surface area contributed by atoms with Gasteiger partial charge in [-0.25, -0.2) is 4.79 Å². The number of nitro groups is 1. The molecule has 1 heterocycles. The summed E-state index contributed by atoms with van der Waals surface area (Å²) in [5, 5.41) is 18.6. The largest absolute Gasteiger partial charge is 0.414 e. The van der Waals surface area contributed by atoms with Crippen LogP contribution in [0.25, 0.3) is 0 Å². The summed E-state index contributed by atoms with van der Waals surface area (Å²) < 4.78 is 4.45. The monoisotopic (exact) mass is 356 g/mol. The Morgan fingerprint density at radius 2 is 1.75 bits per heavy atom. The summed E-state index contributed by atoms with van der Waals surface area (Å²) in [5.74, 6) is -0.405. The second kappa shape index (κ2) is 9.38. The van der Waals surface area contributed by atoms with E-state index in [1.807, 2.05) is 0 Å². The molecule has 0 radical (unpaired) electrons. The number of aliphatic hydroxyl groups excluding tert-OH is 1. The molecule has 1 aromatic rings. The summed E-state index contributed by atoms with van der Waals surface area (Å²) in [6.07, 6.45) is 2.92. The molecule has 0 aliphatic carbocycles. The summed E-state index contributed by atoms with van der Waals surface area (Å²) in [6.45, 7) is 0.304. The highest BCUT2D eigenvalue weighted by Crippen LogP contribution is 2.17. The van der Waals surface area contributed by atoms with E-state index in [2.05, 4.69) is 4.74 Å². The molecule has 9 nitrogen and oxygen atoms in total. The Balaban J connectivity index is 0.000000243. The van der Waals surface area contributed by atoms with Gasteiger partial charge in [-0.2, -0.15) is 0 Å². The molecule has 2 amide bonds. The van der Waals surface area contributed by atoms with Crippen molar-refractivity contribution >= 4 is 34.5 Å². The lowest BCUT2D eigenvalue weighted by molar-refractivity contribution is -0.384. The summed E-state index contributed by atoms with van der Waals surface area (Å²) in [4.78, 5) is 42.7. The van der Waals surface area contributed by atoms with Crippen LogP contribution in [0.3, 0.4) is 0 Å². The van der Waals surface area contributed by atoms with Gasteiger partial charge in [-0.1, -0.05) is 0 Å². The Morgan fingerprint density at radius 3 is 2.17 bits per heavy atom. The van der Waals surface area contributed by atoms with E-state index in [0.29, 0.717) is 13.0 Å². The highest BCUT2D eigenvalue weighted by molar-refractivity contribution is 6.61. The van der Waals surface area contributed by atoms with Crippen LogP contribution in [0.15, 0.2) is 36.4 Å². The fourth-order valence-electron chi connectivity index (χ4n) is 1.61. The molecule has 24 heavy (non-hydrogen) atoms. The number of halogens is 1. The number of amides is 2. The summed E-state index contributed by atoms with van der Waals surface area (Å²) >= 11 is 4.92. The molecule has 0 aromatic heterocycles. The maximum absolute atomic E-state index is 10.8. The number of imide groups is 1. The van der Waals surface area contributed by atoms with Gasteiger partial charge in [-0.05, 0) is 18.6 Å². The zero-order chi connectivity index (χ0) is 18.1. The van der Waals surface area contributed by atoms with Crippen molar-refractivity contribution in [2.45, 2.75) is 6.42 Å². The first-order valence-corrected chi connectivity index (χ1v) is 6.99. The zero-order valence-electron chi connectivity index (χ0n) is 12.3. The number of aliphatic hydroxyl groups is 1. The predicted molar refractivity (Wildman–Crippen MR) is 82.5 cm³/mol. The molecule has 0 atom stereocenters. The Hall–Kier alpha value is -2.78. The van der Waals surface area contributed by atoms with Gasteiger partial charge < -0.3 is 9.84 Å². The van der Waals surface area contributed by atoms with E-state index in [0.717, 1.165) is 4.90 Å². The lowest BCUT2D eigenvalue weighted by atomic mass is 10.3. The Kier molecular flexibility index (Phi) is 7.53. The molecule has 0 fully saturated rings. The highest BCUT2D eigenvalue weighted by atomic mass is 35.5. The van der Waals surface area contributed by atoms with Crippen LogP contribution in [-0.4, -0.2) is 45.3 Å². The van der Waals surface area contributed by atoms with E-state index in [9.17, 15) is 24.5 Å². The molecule has 0 saturated carbocycles. The molecule has 0 spiro atoms. The second-order valence-electron chi connectivity index (χ2n) is 4.33. The van der Waals surface area contributed by atoms with Crippen molar-refractivity contribution in [3.8, 4) is 5.75 Å². The molecular weight excluding hydrogens is 344 g/mol. The zero-order valence-corrected chi connectivity index (χ0v) is 13.0. The number of nitro benzene ring substituents is 1. The quantitative estimate of drug-likeness (QED) is 0.367. The van der Waals surface area contributed by atoms with Crippen LogP contribution in [0.1, 0.15) is 6.42 Å². The van der Waals surface area contributed by atoms with Crippen molar-refractivity contribution in [2.75, 3.05) is 13.2 Å². The smallest absolute Gasteiger partial charge is 0.409 e. The SMILES string of the molecule is O=C(Cl)Oc1ccc([N+](=O)[O-])cc1.O=C1C=CC(=O)N1CCCO. The van der Waals surface area contributed by atoms with Gasteiger partial charge in [0.2, 0.25) is 0 Å². The van der Waals surface area contributed by atoms with Crippen molar-refractivity contribution < 1.29 is 29.2 Å². The number of carbonyl (C=O) groups excluding carboxylic acids is 3. The molecule has 1 aromatic carbocycles. The minimum absolute atomic E-state index is 0.00292. The first kappa shape index (κ1) is 19.3. The molecule has 2 rings (SSSR count). The van der Waals surface area contributed by atoms with E-state index in [1.165, 1.54) is 36.4 Å². The second-order valence-corrected chi connectivity index (χ2v) is 4.64. The number of nitrogens with zero attached hydrogens (tertiary/aromatic N) is 2. The van der Waals surface area contributed by atoms with Gasteiger partial charge in [0.25, 0.3) is 17.5 Å². The van der Waals surface area contributed by atoms with Crippen molar-refractivity contribution in [1.82, 2.24) is 4.90 Å². The molecule has 0 saturated heterocycles. The number of hydrogen-bond acceptors (Lipinski definition) is 7. The number of hydrogen-bond donors (Lipinski definition) is 1. The Bertz CT molecular complexity index is 640. The van der Waals surface area contributed by atoms with Crippen LogP contribution in [-0.2, 0) is 9.59 Å². The van der Waals surface area contributed by atoms with E-state index in [-0.39, 0.29) is 29.9 Å². The van der Waals surface area contributed by atoms with Crippen LogP contribution < -0.4 is 4.74 Å². The predicted octanol–water partition coefficient (Wildman–Crippen LogP) is 1.63.